The van der Waals surface area contributed by atoms with Gasteiger partial charge in [-0.25, -0.2) is 0 Å². The summed E-state index contributed by atoms with van der Waals surface area (Å²) in [5.41, 5.74) is 0.0189. The summed E-state index contributed by atoms with van der Waals surface area (Å²) in [6.45, 7) is 0. The Balaban J connectivity index is 1.65. The van der Waals surface area contributed by atoms with Gasteiger partial charge in [0.1, 0.15) is 0 Å². The molecule has 1 N–H and O–H groups in total. The van der Waals surface area contributed by atoms with Crippen LogP contribution >= 0.6 is 0 Å². The molecule has 3 fully saturated rings. The Morgan fingerprint density at radius 1 is 0.952 bits per heavy atom. The zero-order valence-corrected chi connectivity index (χ0v) is 13.2. The monoisotopic (exact) mass is 292 g/mol. The van der Waals surface area contributed by atoms with Crippen LogP contribution in [-0.4, -0.2) is 35.8 Å². The van der Waals surface area contributed by atoms with Gasteiger partial charge in [0.25, 0.3) is 0 Å². The van der Waals surface area contributed by atoms with E-state index in [1.165, 1.54) is 19.3 Å². The van der Waals surface area contributed by atoms with Crippen LogP contribution in [0.15, 0.2) is 0 Å². The first kappa shape index (κ1) is 15.0. The van der Waals surface area contributed by atoms with Crippen molar-refractivity contribution < 1.29 is 9.59 Å². The topological polar surface area (TPSA) is 49.4 Å². The molecule has 0 aromatic rings. The lowest BCUT2D eigenvalue weighted by atomic mass is 9.67. The number of nitrogens with one attached hydrogen (secondary N) is 1. The molecule has 0 atom stereocenters. The second kappa shape index (κ2) is 6.07. The zero-order valence-electron chi connectivity index (χ0n) is 13.2. The third-order valence-electron chi connectivity index (χ3n) is 5.97. The summed E-state index contributed by atoms with van der Waals surface area (Å²) in [7, 11) is 2.00. The number of piperidine rings is 1. The molecular formula is C17H28N2O2. The molecule has 1 aliphatic heterocycles. The van der Waals surface area contributed by atoms with Crippen LogP contribution in [0.1, 0.15) is 70.6 Å². The summed E-state index contributed by atoms with van der Waals surface area (Å²) < 4.78 is 0. The molecule has 3 aliphatic rings. The molecule has 0 unspecified atom stereocenters. The predicted molar refractivity (Wildman–Crippen MR) is 81.7 cm³/mol. The Labute approximate surface area is 127 Å². The van der Waals surface area contributed by atoms with Gasteiger partial charge in [0, 0.05) is 24.9 Å². The average molecular weight is 292 g/mol. The largest absolute Gasteiger partial charge is 0.317 e. The number of imide groups is 1. The van der Waals surface area contributed by atoms with Crippen LogP contribution in [0, 0.1) is 5.41 Å². The number of carbonyl (C=O) groups excluding carboxylic acids is 2. The summed E-state index contributed by atoms with van der Waals surface area (Å²) in [5.74, 6) is 0.224. The smallest absolute Gasteiger partial charge is 0.229 e. The first-order valence-corrected chi connectivity index (χ1v) is 8.66. The highest BCUT2D eigenvalue weighted by Gasteiger charge is 2.46. The number of nitrogens with zero attached hydrogens (tertiary/aromatic N) is 1. The van der Waals surface area contributed by atoms with Crippen molar-refractivity contribution in [1.29, 1.82) is 0 Å². The van der Waals surface area contributed by atoms with E-state index >= 15 is 0 Å². The molecule has 0 bridgehead atoms. The lowest BCUT2D eigenvalue weighted by Crippen LogP contribution is -2.54. The van der Waals surface area contributed by atoms with Gasteiger partial charge in [0.2, 0.25) is 11.8 Å². The van der Waals surface area contributed by atoms with E-state index in [1.807, 2.05) is 7.05 Å². The van der Waals surface area contributed by atoms with Crippen molar-refractivity contribution in [3.8, 4) is 0 Å². The van der Waals surface area contributed by atoms with Crippen molar-refractivity contribution >= 4 is 11.8 Å². The fourth-order valence-electron chi connectivity index (χ4n) is 4.70. The zero-order chi connectivity index (χ0) is 14.9. The second-order valence-corrected chi connectivity index (χ2v) is 7.37. The number of amides is 2. The Kier molecular flexibility index (Phi) is 4.34. The van der Waals surface area contributed by atoms with E-state index in [1.54, 1.807) is 4.90 Å². The van der Waals surface area contributed by atoms with E-state index in [-0.39, 0.29) is 23.3 Å². The van der Waals surface area contributed by atoms with Crippen LogP contribution < -0.4 is 5.32 Å². The molecule has 3 rings (SSSR count). The normalized spacial score (nSPS) is 33.5. The molecule has 2 amide bonds. The molecule has 0 radical (unpaired) electrons. The van der Waals surface area contributed by atoms with Gasteiger partial charge in [-0.15, -0.1) is 0 Å². The van der Waals surface area contributed by atoms with Crippen LogP contribution in [0.4, 0.5) is 0 Å². The molecule has 21 heavy (non-hydrogen) atoms. The van der Waals surface area contributed by atoms with Gasteiger partial charge in [-0.05, 0) is 51.0 Å². The minimum absolute atomic E-state index is 0.0189. The van der Waals surface area contributed by atoms with E-state index in [0.717, 1.165) is 38.5 Å². The molecule has 4 nitrogen and oxygen atoms in total. The standard InChI is InChI=1S/C17H28N2O2/c1-18-13-5-7-14(8-6-13)19-15(20)11-17(12-16(19)21)9-3-2-4-10-17/h13-14,18H,2-12H2,1H3. The molecule has 2 aliphatic carbocycles. The maximum atomic E-state index is 12.6. The van der Waals surface area contributed by atoms with Crippen LogP contribution in [0.2, 0.25) is 0 Å². The van der Waals surface area contributed by atoms with Crippen molar-refractivity contribution in [3.63, 3.8) is 0 Å². The van der Waals surface area contributed by atoms with E-state index in [9.17, 15) is 9.59 Å². The Hall–Kier alpha value is -0.900. The second-order valence-electron chi connectivity index (χ2n) is 7.37. The lowest BCUT2D eigenvalue weighted by molar-refractivity contribution is -0.158. The number of rotatable bonds is 2. The van der Waals surface area contributed by atoms with Crippen molar-refractivity contribution in [2.24, 2.45) is 5.41 Å². The summed E-state index contributed by atoms with van der Waals surface area (Å²) in [6, 6.07) is 0.719. The molecular weight excluding hydrogens is 264 g/mol. The van der Waals surface area contributed by atoms with Crippen molar-refractivity contribution in [2.75, 3.05) is 7.05 Å². The summed E-state index contributed by atoms with van der Waals surface area (Å²) in [4.78, 5) is 26.9. The molecule has 1 spiro atoms. The minimum Gasteiger partial charge on any atom is -0.317 e. The third kappa shape index (κ3) is 3.01. The minimum atomic E-state index is 0.0189. The molecule has 1 saturated heterocycles. The van der Waals surface area contributed by atoms with Gasteiger partial charge in [-0.2, -0.15) is 0 Å². The van der Waals surface area contributed by atoms with E-state index in [2.05, 4.69) is 5.32 Å². The highest BCUT2D eigenvalue weighted by Crippen LogP contribution is 2.46. The van der Waals surface area contributed by atoms with E-state index in [0.29, 0.717) is 18.9 Å². The van der Waals surface area contributed by atoms with E-state index < -0.39 is 0 Å². The van der Waals surface area contributed by atoms with Crippen LogP contribution in [0.25, 0.3) is 0 Å². The number of hydrogen-bond acceptors (Lipinski definition) is 3. The van der Waals surface area contributed by atoms with Gasteiger partial charge in [0.15, 0.2) is 0 Å². The fraction of sp³-hybridized carbons (Fsp3) is 0.882. The highest BCUT2D eigenvalue weighted by atomic mass is 16.2. The van der Waals surface area contributed by atoms with Gasteiger partial charge >= 0.3 is 0 Å². The van der Waals surface area contributed by atoms with Crippen LogP contribution in [0.5, 0.6) is 0 Å². The Morgan fingerprint density at radius 2 is 1.52 bits per heavy atom. The molecule has 0 aromatic carbocycles. The predicted octanol–water partition coefficient (Wildman–Crippen LogP) is 2.62. The maximum Gasteiger partial charge on any atom is 0.229 e. The number of carbonyl (C=O) groups is 2. The van der Waals surface area contributed by atoms with Gasteiger partial charge in [-0.1, -0.05) is 19.3 Å². The lowest BCUT2D eigenvalue weighted by Gasteiger charge is -2.45. The summed E-state index contributed by atoms with van der Waals surface area (Å²) in [6.07, 6.45) is 11.1. The number of hydrogen-bond donors (Lipinski definition) is 1. The average Bonchev–Trinajstić information content (AvgIpc) is 2.48. The van der Waals surface area contributed by atoms with Gasteiger partial charge in [0.05, 0.1) is 0 Å². The summed E-state index contributed by atoms with van der Waals surface area (Å²) in [5, 5.41) is 3.31. The molecule has 0 aromatic heterocycles. The highest BCUT2D eigenvalue weighted by molar-refractivity contribution is 5.99. The molecule has 1 heterocycles. The van der Waals surface area contributed by atoms with Crippen molar-refractivity contribution in [2.45, 2.75) is 82.7 Å². The van der Waals surface area contributed by atoms with Crippen LogP contribution in [-0.2, 0) is 9.59 Å². The molecule has 2 saturated carbocycles. The first-order chi connectivity index (χ1) is 10.1. The Bertz CT molecular complexity index is 387. The van der Waals surface area contributed by atoms with Crippen molar-refractivity contribution in [3.05, 3.63) is 0 Å². The first-order valence-electron chi connectivity index (χ1n) is 8.66. The molecule has 4 heteroatoms. The quantitative estimate of drug-likeness (QED) is 0.796. The van der Waals surface area contributed by atoms with Crippen molar-refractivity contribution in [1.82, 2.24) is 10.2 Å². The third-order valence-corrected chi connectivity index (χ3v) is 5.97. The van der Waals surface area contributed by atoms with Gasteiger partial charge in [-0.3, -0.25) is 14.5 Å². The number of likely N-dealkylation sites (tertiary alicyclic amines) is 1. The fourth-order valence-corrected chi connectivity index (χ4v) is 4.70. The van der Waals surface area contributed by atoms with Crippen LogP contribution in [0.3, 0.4) is 0 Å². The maximum absolute atomic E-state index is 12.6. The Morgan fingerprint density at radius 3 is 2.05 bits per heavy atom. The molecule has 118 valence electrons. The SMILES string of the molecule is CNC1CCC(N2C(=O)CC3(CCCCC3)CC2=O)CC1. The van der Waals surface area contributed by atoms with Gasteiger partial charge < -0.3 is 5.32 Å². The summed E-state index contributed by atoms with van der Waals surface area (Å²) >= 11 is 0. The van der Waals surface area contributed by atoms with E-state index in [4.69, 9.17) is 0 Å².